The lowest BCUT2D eigenvalue weighted by Crippen LogP contribution is -2.10. The predicted molar refractivity (Wildman–Crippen MR) is 89.5 cm³/mol. The van der Waals surface area contributed by atoms with Gasteiger partial charge in [0.05, 0.1) is 6.04 Å². The zero-order valence-electron chi connectivity index (χ0n) is 12.8. The van der Waals surface area contributed by atoms with Crippen molar-refractivity contribution >= 4 is 5.69 Å². The molecule has 0 heterocycles. The summed E-state index contributed by atoms with van der Waals surface area (Å²) in [6.45, 7) is 4.50. The summed E-state index contributed by atoms with van der Waals surface area (Å²) in [6, 6.07) is 17.8. The van der Waals surface area contributed by atoms with Gasteiger partial charge in [0.1, 0.15) is 0 Å². The van der Waals surface area contributed by atoms with Gasteiger partial charge in [0, 0.05) is 11.7 Å². The zero-order chi connectivity index (χ0) is 14.8. The van der Waals surface area contributed by atoms with Crippen LogP contribution in [0.1, 0.15) is 61.4 Å². The summed E-state index contributed by atoms with van der Waals surface area (Å²) >= 11 is 0. The topological polar surface area (TPSA) is 38.0 Å². The number of anilines is 1. The first-order valence-electron chi connectivity index (χ1n) is 7.90. The summed E-state index contributed by atoms with van der Waals surface area (Å²) in [5, 5.41) is 3.63. The van der Waals surface area contributed by atoms with Crippen LogP contribution in [-0.4, -0.2) is 0 Å². The lowest BCUT2D eigenvalue weighted by Gasteiger charge is -2.17. The quantitative estimate of drug-likeness (QED) is 0.847. The molecular weight excluding hydrogens is 256 g/mol. The van der Waals surface area contributed by atoms with E-state index < -0.39 is 0 Å². The third kappa shape index (κ3) is 2.81. The second-order valence-corrected chi connectivity index (χ2v) is 6.10. The van der Waals surface area contributed by atoms with Gasteiger partial charge in [0.25, 0.3) is 0 Å². The highest BCUT2D eigenvalue weighted by Crippen LogP contribution is 2.39. The van der Waals surface area contributed by atoms with E-state index in [9.17, 15) is 0 Å². The van der Waals surface area contributed by atoms with Crippen molar-refractivity contribution < 1.29 is 0 Å². The Hall–Kier alpha value is -1.80. The molecule has 0 fully saturated rings. The number of benzene rings is 2. The van der Waals surface area contributed by atoms with E-state index in [2.05, 4.69) is 67.7 Å². The van der Waals surface area contributed by atoms with Crippen LogP contribution in [-0.2, 0) is 0 Å². The van der Waals surface area contributed by atoms with Gasteiger partial charge in [-0.1, -0.05) is 50.2 Å². The molecule has 1 aliphatic rings. The maximum atomic E-state index is 6.23. The normalized spacial score (nSPS) is 21.9. The van der Waals surface area contributed by atoms with Gasteiger partial charge < -0.3 is 11.1 Å². The van der Waals surface area contributed by atoms with Gasteiger partial charge in [0.2, 0.25) is 0 Å². The van der Waals surface area contributed by atoms with E-state index in [0.717, 1.165) is 6.42 Å². The highest BCUT2D eigenvalue weighted by atomic mass is 14.9. The van der Waals surface area contributed by atoms with E-state index in [1.165, 1.54) is 28.8 Å². The summed E-state index contributed by atoms with van der Waals surface area (Å²) in [7, 11) is 0. The van der Waals surface area contributed by atoms with E-state index in [1.54, 1.807) is 0 Å². The first kappa shape index (κ1) is 14.2. The van der Waals surface area contributed by atoms with Gasteiger partial charge in [0.15, 0.2) is 0 Å². The first-order chi connectivity index (χ1) is 10.2. The largest absolute Gasteiger partial charge is 0.378 e. The fourth-order valence-electron chi connectivity index (χ4n) is 3.16. The molecule has 3 rings (SSSR count). The van der Waals surface area contributed by atoms with E-state index in [0.29, 0.717) is 12.0 Å². The number of nitrogens with one attached hydrogen (secondary N) is 1. The molecule has 1 aliphatic carbocycles. The van der Waals surface area contributed by atoms with Gasteiger partial charge in [-0.3, -0.25) is 0 Å². The maximum Gasteiger partial charge on any atom is 0.0535 e. The number of rotatable bonds is 4. The number of hydrogen-bond acceptors (Lipinski definition) is 2. The molecule has 2 aromatic carbocycles. The van der Waals surface area contributed by atoms with Crippen LogP contribution in [0.4, 0.5) is 5.69 Å². The molecule has 0 radical (unpaired) electrons. The Kier molecular flexibility index (Phi) is 3.98. The zero-order valence-corrected chi connectivity index (χ0v) is 12.8. The van der Waals surface area contributed by atoms with Crippen molar-refractivity contribution in [1.82, 2.24) is 0 Å². The molecule has 2 nitrogen and oxygen atoms in total. The van der Waals surface area contributed by atoms with Crippen molar-refractivity contribution in [3.05, 3.63) is 65.2 Å². The third-order valence-electron chi connectivity index (χ3n) is 4.69. The molecule has 2 heteroatoms. The van der Waals surface area contributed by atoms with Crippen molar-refractivity contribution in [2.24, 2.45) is 5.73 Å². The minimum atomic E-state index is 0.151. The summed E-state index contributed by atoms with van der Waals surface area (Å²) in [6.07, 6.45) is 2.14. The Bertz CT molecular complexity index is 603. The summed E-state index contributed by atoms with van der Waals surface area (Å²) < 4.78 is 0. The summed E-state index contributed by atoms with van der Waals surface area (Å²) in [5.74, 6) is 0.625. The Balaban J connectivity index is 1.76. The van der Waals surface area contributed by atoms with Gasteiger partial charge >= 0.3 is 0 Å². The van der Waals surface area contributed by atoms with Gasteiger partial charge in [-0.15, -0.1) is 0 Å². The van der Waals surface area contributed by atoms with Crippen LogP contribution < -0.4 is 11.1 Å². The molecule has 0 saturated carbocycles. The van der Waals surface area contributed by atoms with Crippen molar-refractivity contribution in [1.29, 1.82) is 0 Å². The average molecular weight is 280 g/mol. The molecule has 0 bridgehead atoms. The predicted octanol–water partition coefficient (Wildman–Crippen LogP) is 4.76. The highest BCUT2D eigenvalue weighted by molar-refractivity contribution is 5.50. The van der Waals surface area contributed by atoms with Crippen molar-refractivity contribution in [2.75, 3.05) is 5.32 Å². The minimum absolute atomic E-state index is 0.151. The third-order valence-corrected chi connectivity index (χ3v) is 4.69. The molecule has 0 saturated heterocycles. The van der Waals surface area contributed by atoms with E-state index in [4.69, 9.17) is 5.73 Å². The first-order valence-corrected chi connectivity index (χ1v) is 7.90. The molecule has 21 heavy (non-hydrogen) atoms. The Morgan fingerprint density at radius 3 is 2.43 bits per heavy atom. The Morgan fingerprint density at radius 1 is 1.10 bits per heavy atom. The molecule has 0 aliphatic heterocycles. The second kappa shape index (κ2) is 5.90. The fraction of sp³-hybridized carbons (Fsp3) is 0.368. The molecule has 3 N–H and O–H groups in total. The average Bonchev–Trinajstić information content (AvgIpc) is 2.84. The molecule has 3 unspecified atom stereocenters. The van der Waals surface area contributed by atoms with E-state index in [1.807, 2.05) is 0 Å². The minimum Gasteiger partial charge on any atom is -0.378 e. The number of fused-ring (bicyclic) bond motifs is 1. The Labute approximate surface area is 127 Å². The molecular formula is C19H24N2. The van der Waals surface area contributed by atoms with Crippen molar-refractivity contribution in [2.45, 2.75) is 44.7 Å². The van der Waals surface area contributed by atoms with Gasteiger partial charge in [-0.2, -0.15) is 0 Å². The summed E-state index contributed by atoms with van der Waals surface area (Å²) in [5.41, 5.74) is 11.4. The van der Waals surface area contributed by atoms with Gasteiger partial charge in [-0.25, -0.2) is 0 Å². The number of hydrogen-bond donors (Lipinski definition) is 2. The standard InChI is InChI=1S/C19H24N2/c1-3-13(2)14-8-10-15(11-9-14)21-19-12-18(20)16-6-4-5-7-17(16)19/h4-11,13,18-19,21H,3,12,20H2,1-2H3. The van der Waals surface area contributed by atoms with Crippen molar-refractivity contribution in [3.63, 3.8) is 0 Å². The fourth-order valence-corrected chi connectivity index (χ4v) is 3.16. The van der Waals surface area contributed by atoms with Crippen LogP contribution in [0.15, 0.2) is 48.5 Å². The number of nitrogens with two attached hydrogens (primary N) is 1. The molecule has 0 aromatic heterocycles. The molecule has 3 atom stereocenters. The van der Waals surface area contributed by atoms with Crippen LogP contribution in [0.25, 0.3) is 0 Å². The molecule has 0 spiro atoms. The van der Waals surface area contributed by atoms with Crippen molar-refractivity contribution in [3.8, 4) is 0 Å². The second-order valence-electron chi connectivity index (χ2n) is 6.10. The summed E-state index contributed by atoms with van der Waals surface area (Å²) in [4.78, 5) is 0. The van der Waals surface area contributed by atoms with E-state index >= 15 is 0 Å². The van der Waals surface area contributed by atoms with E-state index in [-0.39, 0.29) is 6.04 Å². The Morgan fingerprint density at radius 2 is 1.76 bits per heavy atom. The maximum absolute atomic E-state index is 6.23. The molecule has 0 amide bonds. The highest BCUT2D eigenvalue weighted by Gasteiger charge is 2.27. The SMILES string of the molecule is CCC(C)c1ccc(NC2CC(N)c3ccccc32)cc1. The van der Waals surface area contributed by atoms with Crippen LogP contribution in [0, 0.1) is 0 Å². The monoisotopic (exact) mass is 280 g/mol. The van der Waals surface area contributed by atoms with Crippen LogP contribution in [0.2, 0.25) is 0 Å². The van der Waals surface area contributed by atoms with Gasteiger partial charge in [-0.05, 0) is 47.6 Å². The van der Waals surface area contributed by atoms with Crippen LogP contribution in [0.5, 0.6) is 0 Å². The van der Waals surface area contributed by atoms with Crippen LogP contribution >= 0.6 is 0 Å². The lowest BCUT2D eigenvalue weighted by atomic mass is 9.98. The smallest absolute Gasteiger partial charge is 0.0535 e. The molecule has 110 valence electrons. The molecule has 2 aromatic rings. The van der Waals surface area contributed by atoms with Crippen LogP contribution in [0.3, 0.4) is 0 Å². The lowest BCUT2D eigenvalue weighted by molar-refractivity contribution is 0.648.